The van der Waals surface area contributed by atoms with Gasteiger partial charge in [-0.3, -0.25) is 4.79 Å². The summed E-state index contributed by atoms with van der Waals surface area (Å²) in [4.78, 5) is 16.3. The van der Waals surface area contributed by atoms with Crippen LogP contribution in [-0.2, 0) is 0 Å². The third-order valence-electron chi connectivity index (χ3n) is 2.65. The molecule has 0 fully saturated rings. The molecule has 20 heavy (non-hydrogen) atoms. The molecule has 2 rings (SSSR count). The molecular formula is C14H14ClN3O2. The van der Waals surface area contributed by atoms with E-state index < -0.39 is 0 Å². The third kappa shape index (κ3) is 3.19. The first-order valence-corrected chi connectivity index (χ1v) is 6.31. The van der Waals surface area contributed by atoms with E-state index in [4.69, 9.17) is 16.3 Å². The molecule has 2 aromatic rings. The summed E-state index contributed by atoms with van der Waals surface area (Å²) < 4.78 is 5.10. The lowest BCUT2D eigenvalue weighted by molar-refractivity contribution is 0.102. The molecule has 1 aromatic heterocycles. The molecule has 0 bridgehead atoms. The Kier molecular flexibility index (Phi) is 4.42. The molecule has 0 aliphatic carbocycles. The highest BCUT2D eigenvalue weighted by molar-refractivity contribution is 6.32. The minimum atomic E-state index is -0.300. The van der Waals surface area contributed by atoms with Gasteiger partial charge in [0.15, 0.2) is 0 Å². The predicted molar refractivity (Wildman–Crippen MR) is 79.7 cm³/mol. The van der Waals surface area contributed by atoms with Crippen molar-refractivity contribution in [2.75, 3.05) is 24.8 Å². The van der Waals surface area contributed by atoms with E-state index in [2.05, 4.69) is 15.6 Å². The fourth-order valence-electron chi connectivity index (χ4n) is 1.63. The maximum absolute atomic E-state index is 12.1. The number of methoxy groups -OCH3 is 1. The van der Waals surface area contributed by atoms with Crippen molar-refractivity contribution in [2.45, 2.75) is 0 Å². The van der Waals surface area contributed by atoms with Crippen LogP contribution in [-0.4, -0.2) is 25.0 Å². The molecule has 0 atom stereocenters. The fraction of sp³-hybridized carbons (Fsp3) is 0.143. The number of nitrogens with zero attached hydrogens (tertiary/aromatic N) is 1. The zero-order valence-electron chi connectivity index (χ0n) is 11.1. The quantitative estimate of drug-likeness (QED) is 0.909. The Labute approximate surface area is 121 Å². The SMILES string of the molecule is CNc1cccc(C(=O)Nc2ccc(Cl)c(OC)c2)n1. The summed E-state index contributed by atoms with van der Waals surface area (Å²) in [5.41, 5.74) is 0.915. The van der Waals surface area contributed by atoms with E-state index >= 15 is 0 Å². The van der Waals surface area contributed by atoms with Crippen molar-refractivity contribution in [1.29, 1.82) is 0 Å². The Morgan fingerprint density at radius 3 is 2.80 bits per heavy atom. The summed E-state index contributed by atoms with van der Waals surface area (Å²) in [5.74, 6) is 0.833. The lowest BCUT2D eigenvalue weighted by Crippen LogP contribution is -2.14. The molecule has 104 valence electrons. The highest BCUT2D eigenvalue weighted by atomic mass is 35.5. The largest absolute Gasteiger partial charge is 0.495 e. The van der Waals surface area contributed by atoms with Gasteiger partial charge in [0.2, 0.25) is 0 Å². The third-order valence-corrected chi connectivity index (χ3v) is 2.96. The standard InChI is InChI=1S/C14H14ClN3O2/c1-16-13-5-3-4-11(18-13)14(19)17-9-6-7-10(15)12(8-9)20-2/h3-8H,1-2H3,(H,16,18)(H,17,19). The molecule has 1 heterocycles. The number of hydrogen-bond donors (Lipinski definition) is 2. The van der Waals surface area contributed by atoms with Crippen LogP contribution >= 0.6 is 11.6 Å². The summed E-state index contributed by atoms with van der Waals surface area (Å²) in [6, 6.07) is 10.2. The van der Waals surface area contributed by atoms with Crippen LogP contribution in [0.15, 0.2) is 36.4 Å². The highest BCUT2D eigenvalue weighted by Gasteiger charge is 2.09. The van der Waals surface area contributed by atoms with Gasteiger partial charge in [0.05, 0.1) is 12.1 Å². The monoisotopic (exact) mass is 291 g/mol. The lowest BCUT2D eigenvalue weighted by Gasteiger charge is -2.08. The zero-order chi connectivity index (χ0) is 14.5. The molecule has 1 amide bonds. The second-order valence-electron chi connectivity index (χ2n) is 3.96. The molecule has 6 heteroatoms. The second kappa shape index (κ2) is 6.25. The van der Waals surface area contributed by atoms with Crippen LogP contribution in [0.5, 0.6) is 5.75 Å². The molecule has 0 unspecified atom stereocenters. The summed E-state index contributed by atoms with van der Waals surface area (Å²) in [6.45, 7) is 0. The Hall–Kier alpha value is -2.27. The number of benzene rings is 1. The summed E-state index contributed by atoms with van der Waals surface area (Å²) in [5, 5.41) is 6.11. The van der Waals surface area contributed by atoms with E-state index in [0.29, 0.717) is 28.0 Å². The van der Waals surface area contributed by atoms with Crippen molar-refractivity contribution in [3.63, 3.8) is 0 Å². The molecule has 5 nitrogen and oxygen atoms in total. The first kappa shape index (κ1) is 14.1. The van der Waals surface area contributed by atoms with E-state index in [1.54, 1.807) is 43.4 Å². The molecule has 0 spiro atoms. The van der Waals surface area contributed by atoms with Crippen molar-refractivity contribution in [1.82, 2.24) is 4.98 Å². The van der Waals surface area contributed by atoms with Crippen LogP contribution in [0.2, 0.25) is 5.02 Å². The van der Waals surface area contributed by atoms with Crippen LogP contribution in [0.4, 0.5) is 11.5 Å². The number of anilines is 2. The molecule has 0 aliphatic rings. The highest BCUT2D eigenvalue weighted by Crippen LogP contribution is 2.27. The van der Waals surface area contributed by atoms with Gasteiger partial charge in [-0.15, -0.1) is 0 Å². The lowest BCUT2D eigenvalue weighted by atomic mass is 10.2. The van der Waals surface area contributed by atoms with Crippen molar-refractivity contribution in [2.24, 2.45) is 0 Å². The predicted octanol–water partition coefficient (Wildman–Crippen LogP) is 3.04. The number of hydrogen-bond acceptors (Lipinski definition) is 4. The molecular weight excluding hydrogens is 278 g/mol. The van der Waals surface area contributed by atoms with Crippen LogP contribution in [0, 0.1) is 0 Å². The van der Waals surface area contributed by atoms with Crippen molar-refractivity contribution >= 4 is 29.0 Å². The Morgan fingerprint density at radius 1 is 1.30 bits per heavy atom. The number of pyridine rings is 1. The van der Waals surface area contributed by atoms with E-state index in [1.807, 2.05) is 0 Å². The van der Waals surface area contributed by atoms with Gasteiger partial charge in [-0.1, -0.05) is 17.7 Å². The average molecular weight is 292 g/mol. The van der Waals surface area contributed by atoms with Gasteiger partial charge in [-0.2, -0.15) is 0 Å². The number of nitrogens with one attached hydrogen (secondary N) is 2. The van der Waals surface area contributed by atoms with Crippen LogP contribution in [0.25, 0.3) is 0 Å². The van der Waals surface area contributed by atoms with Gasteiger partial charge in [0.1, 0.15) is 17.3 Å². The molecule has 0 saturated heterocycles. The molecule has 0 aliphatic heterocycles. The maximum atomic E-state index is 12.1. The van der Waals surface area contributed by atoms with Crippen molar-refractivity contribution < 1.29 is 9.53 Å². The first-order valence-electron chi connectivity index (χ1n) is 5.93. The number of rotatable bonds is 4. The van der Waals surface area contributed by atoms with E-state index in [-0.39, 0.29) is 5.91 Å². The number of halogens is 1. The Bertz CT molecular complexity index is 632. The molecule has 2 N–H and O–H groups in total. The van der Waals surface area contributed by atoms with Gasteiger partial charge in [0, 0.05) is 18.8 Å². The fourth-order valence-corrected chi connectivity index (χ4v) is 1.83. The van der Waals surface area contributed by atoms with Crippen LogP contribution in [0.1, 0.15) is 10.5 Å². The first-order chi connectivity index (χ1) is 9.63. The number of ether oxygens (including phenoxy) is 1. The summed E-state index contributed by atoms with van der Waals surface area (Å²) in [6.07, 6.45) is 0. The molecule has 0 saturated carbocycles. The van der Waals surface area contributed by atoms with E-state index in [0.717, 1.165) is 0 Å². The number of carbonyl (C=O) groups is 1. The molecule has 1 aromatic carbocycles. The zero-order valence-corrected chi connectivity index (χ0v) is 11.9. The smallest absolute Gasteiger partial charge is 0.274 e. The average Bonchev–Trinajstić information content (AvgIpc) is 2.49. The van der Waals surface area contributed by atoms with Crippen molar-refractivity contribution in [3.05, 3.63) is 47.1 Å². The van der Waals surface area contributed by atoms with Crippen LogP contribution in [0.3, 0.4) is 0 Å². The summed E-state index contributed by atoms with van der Waals surface area (Å²) in [7, 11) is 3.26. The van der Waals surface area contributed by atoms with Gasteiger partial charge in [0.25, 0.3) is 5.91 Å². The maximum Gasteiger partial charge on any atom is 0.274 e. The minimum Gasteiger partial charge on any atom is -0.495 e. The number of carbonyl (C=O) groups excluding carboxylic acids is 1. The number of amides is 1. The number of aromatic nitrogens is 1. The van der Waals surface area contributed by atoms with Gasteiger partial charge < -0.3 is 15.4 Å². The van der Waals surface area contributed by atoms with Gasteiger partial charge in [-0.25, -0.2) is 4.98 Å². The van der Waals surface area contributed by atoms with Crippen LogP contribution < -0.4 is 15.4 Å². The Morgan fingerprint density at radius 2 is 2.10 bits per heavy atom. The van der Waals surface area contributed by atoms with Gasteiger partial charge >= 0.3 is 0 Å². The normalized spacial score (nSPS) is 9.95. The second-order valence-corrected chi connectivity index (χ2v) is 4.37. The summed E-state index contributed by atoms with van der Waals surface area (Å²) >= 11 is 5.93. The topological polar surface area (TPSA) is 63.2 Å². The van der Waals surface area contributed by atoms with Gasteiger partial charge in [-0.05, 0) is 24.3 Å². The minimum absolute atomic E-state index is 0.300. The Balaban J connectivity index is 2.18. The van der Waals surface area contributed by atoms with E-state index in [9.17, 15) is 4.79 Å². The van der Waals surface area contributed by atoms with Crippen molar-refractivity contribution in [3.8, 4) is 5.75 Å². The van der Waals surface area contributed by atoms with E-state index in [1.165, 1.54) is 7.11 Å². The molecule has 0 radical (unpaired) electrons.